The molecule has 0 unspecified atom stereocenters. The Balaban J connectivity index is 0.00000169. The van der Waals surface area contributed by atoms with Crippen LogP contribution in [0.15, 0.2) is 30.3 Å². The molecule has 0 atom stereocenters. The molecule has 0 aliphatic heterocycles. The van der Waals surface area contributed by atoms with E-state index in [2.05, 4.69) is 0 Å². The predicted molar refractivity (Wildman–Crippen MR) is 51.6 cm³/mol. The van der Waals surface area contributed by atoms with E-state index in [0.29, 0.717) is 5.56 Å². The maximum atomic E-state index is 11.4. The molecule has 0 bridgehead atoms. The van der Waals surface area contributed by atoms with Gasteiger partial charge in [0.05, 0.1) is 5.56 Å². The van der Waals surface area contributed by atoms with Gasteiger partial charge in [0, 0.05) is 21.1 Å². The molecule has 0 spiro atoms. The number of ether oxygens (including phenoxy) is 1. The van der Waals surface area contributed by atoms with Crippen LogP contribution in [0, 0.1) is 0 Å². The second-order valence-electron chi connectivity index (χ2n) is 3.87. The number of carbonyl (C=O) groups excluding carboxylic acids is 1. The van der Waals surface area contributed by atoms with E-state index in [1.807, 2.05) is 39.0 Å². The van der Waals surface area contributed by atoms with Gasteiger partial charge in [-0.3, -0.25) is 0 Å². The van der Waals surface area contributed by atoms with Crippen molar-refractivity contribution in [1.82, 2.24) is 0 Å². The van der Waals surface area contributed by atoms with Gasteiger partial charge < -0.3 is 4.74 Å². The van der Waals surface area contributed by atoms with Gasteiger partial charge in [0.1, 0.15) is 5.60 Å². The van der Waals surface area contributed by atoms with Crippen LogP contribution in [0.5, 0.6) is 0 Å². The maximum absolute atomic E-state index is 11.4. The minimum Gasteiger partial charge on any atom is -0.456 e. The van der Waals surface area contributed by atoms with Gasteiger partial charge in [-0.05, 0) is 32.9 Å². The Morgan fingerprint density at radius 3 is 2.07 bits per heavy atom. The van der Waals surface area contributed by atoms with Crippen molar-refractivity contribution < 1.29 is 30.6 Å². The Bertz CT molecular complexity index is 288. The number of esters is 1. The first-order valence-corrected chi connectivity index (χ1v) is 4.27. The quantitative estimate of drug-likeness (QED) is 0.581. The van der Waals surface area contributed by atoms with Gasteiger partial charge >= 0.3 is 5.97 Å². The normalized spacial score (nSPS) is 10.2. The van der Waals surface area contributed by atoms with E-state index < -0.39 is 5.60 Å². The third-order valence-electron chi connectivity index (χ3n) is 1.41. The average Bonchev–Trinajstić information content (AvgIpc) is 2.03. The molecule has 0 radical (unpaired) electrons. The van der Waals surface area contributed by atoms with Crippen molar-refractivity contribution >= 4 is 5.97 Å². The standard InChI is InChI=1S/C11H14O2.Mo/c1-11(2,3)13-10(12)9-7-5-4-6-8-9;/h4-8H,1-3H3;. The fourth-order valence-corrected chi connectivity index (χ4v) is 0.911. The van der Waals surface area contributed by atoms with Crippen LogP contribution in [0.1, 0.15) is 31.1 Å². The summed E-state index contributed by atoms with van der Waals surface area (Å²) in [6.45, 7) is 5.56. The molecule has 1 aromatic carbocycles. The summed E-state index contributed by atoms with van der Waals surface area (Å²) in [6.07, 6.45) is 0. The number of benzene rings is 1. The Morgan fingerprint density at radius 1 is 1.14 bits per heavy atom. The molecule has 76 valence electrons. The minimum absolute atomic E-state index is 0. The first-order chi connectivity index (χ1) is 5.99. The fourth-order valence-electron chi connectivity index (χ4n) is 0.911. The van der Waals surface area contributed by atoms with Gasteiger partial charge in [-0.15, -0.1) is 0 Å². The third-order valence-corrected chi connectivity index (χ3v) is 1.41. The Hall–Kier alpha value is -0.622. The predicted octanol–water partition coefficient (Wildman–Crippen LogP) is 2.64. The zero-order valence-electron chi connectivity index (χ0n) is 8.61. The smallest absolute Gasteiger partial charge is 0.338 e. The maximum Gasteiger partial charge on any atom is 0.338 e. The van der Waals surface area contributed by atoms with Crippen molar-refractivity contribution in [2.45, 2.75) is 26.4 Å². The molecular weight excluding hydrogens is 260 g/mol. The van der Waals surface area contributed by atoms with Crippen LogP contribution in [-0.2, 0) is 25.8 Å². The van der Waals surface area contributed by atoms with Crippen LogP contribution in [0.2, 0.25) is 0 Å². The van der Waals surface area contributed by atoms with Crippen LogP contribution in [0.4, 0.5) is 0 Å². The molecule has 0 saturated heterocycles. The largest absolute Gasteiger partial charge is 0.456 e. The first-order valence-electron chi connectivity index (χ1n) is 4.27. The van der Waals surface area contributed by atoms with Crippen molar-refractivity contribution in [3.8, 4) is 0 Å². The zero-order chi connectivity index (χ0) is 9.90. The SMILES string of the molecule is CC(C)(C)OC(=O)c1ccccc1.[Mo]. The molecule has 1 rings (SSSR count). The number of hydrogen-bond acceptors (Lipinski definition) is 2. The van der Waals surface area contributed by atoms with Crippen LogP contribution in [0.3, 0.4) is 0 Å². The molecule has 0 heterocycles. The molecular formula is C11H14MoO2. The number of rotatable bonds is 1. The average molecular weight is 274 g/mol. The molecule has 0 aliphatic carbocycles. The van der Waals surface area contributed by atoms with E-state index in [1.54, 1.807) is 12.1 Å². The van der Waals surface area contributed by atoms with Crippen molar-refractivity contribution in [1.29, 1.82) is 0 Å². The molecule has 0 N–H and O–H groups in total. The second kappa shape index (κ2) is 5.31. The summed E-state index contributed by atoms with van der Waals surface area (Å²) in [7, 11) is 0. The summed E-state index contributed by atoms with van der Waals surface area (Å²) < 4.78 is 5.18. The zero-order valence-corrected chi connectivity index (χ0v) is 10.6. The molecule has 2 nitrogen and oxygen atoms in total. The molecule has 14 heavy (non-hydrogen) atoms. The van der Waals surface area contributed by atoms with E-state index in [1.165, 1.54) is 0 Å². The van der Waals surface area contributed by atoms with Crippen LogP contribution in [-0.4, -0.2) is 11.6 Å². The summed E-state index contributed by atoms with van der Waals surface area (Å²) in [4.78, 5) is 11.4. The van der Waals surface area contributed by atoms with E-state index in [0.717, 1.165) is 0 Å². The summed E-state index contributed by atoms with van der Waals surface area (Å²) in [5.74, 6) is -0.270. The van der Waals surface area contributed by atoms with Gasteiger partial charge in [0.2, 0.25) is 0 Å². The topological polar surface area (TPSA) is 26.3 Å². The third kappa shape index (κ3) is 4.57. The molecule has 0 aliphatic rings. The number of hydrogen-bond donors (Lipinski definition) is 0. The van der Waals surface area contributed by atoms with E-state index in [-0.39, 0.29) is 27.0 Å². The van der Waals surface area contributed by atoms with Crippen molar-refractivity contribution in [2.24, 2.45) is 0 Å². The van der Waals surface area contributed by atoms with Gasteiger partial charge in [0.15, 0.2) is 0 Å². The fraction of sp³-hybridized carbons (Fsp3) is 0.364. The molecule has 0 aromatic heterocycles. The molecule has 0 amide bonds. The summed E-state index contributed by atoms with van der Waals surface area (Å²) in [6, 6.07) is 8.99. The molecule has 0 fully saturated rings. The summed E-state index contributed by atoms with van der Waals surface area (Å²) in [5, 5.41) is 0. The Morgan fingerprint density at radius 2 is 1.64 bits per heavy atom. The van der Waals surface area contributed by atoms with E-state index in [9.17, 15) is 4.79 Å². The van der Waals surface area contributed by atoms with Crippen molar-refractivity contribution in [2.75, 3.05) is 0 Å². The van der Waals surface area contributed by atoms with Crippen molar-refractivity contribution in [3.63, 3.8) is 0 Å². The monoisotopic (exact) mass is 276 g/mol. The minimum atomic E-state index is -0.424. The van der Waals surface area contributed by atoms with E-state index in [4.69, 9.17) is 4.74 Å². The molecule has 1 aromatic rings. The van der Waals surface area contributed by atoms with Gasteiger partial charge in [-0.25, -0.2) is 4.79 Å². The van der Waals surface area contributed by atoms with Gasteiger partial charge in [0.25, 0.3) is 0 Å². The van der Waals surface area contributed by atoms with Crippen LogP contribution < -0.4 is 0 Å². The Kier molecular flexibility index (Phi) is 5.07. The van der Waals surface area contributed by atoms with Crippen LogP contribution in [0.25, 0.3) is 0 Å². The Labute approximate surface area is 98.9 Å². The van der Waals surface area contributed by atoms with Gasteiger partial charge in [-0.2, -0.15) is 0 Å². The second-order valence-corrected chi connectivity index (χ2v) is 3.87. The van der Waals surface area contributed by atoms with Crippen LogP contribution >= 0.6 is 0 Å². The summed E-state index contributed by atoms with van der Waals surface area (Å²) >= 11 is 0. The van der Waals surface area contributed by atoms with Gasteiger partial charge in [-0.1, -0.05) is 18.2 Å². The number of carbonyl (C=O) groups is 1. The molecule has 0 saturated carbocycles. The molecule has 3 heteroatoms. The summed E-state index contributed by atoms with van der Waals surface area (Å²) in [5.41, 5.74) is 0.171. The van der Waals surface area contributed by atoms with E-state index >= 15 is 0 Å². The first kappa shape index (κ1) is 13.4. The van der Waals surface area contributed by atoms with Crippen molar-refractivity contribution in [3.05, 3.63) is 35.9 Å².